The van der Waals surface area contributed by atoms with Crippen molar-refractivity contribution in [3.63, 3.8) is 0 Å². The second kappa shape index (κ2) is 6.38. The third kappa shape index (κ3) is 3.23. The zero-order valence-corrected chi connectivity index (χ0v) is 9.71. The van der Waals surface area contributed by atoms with E-state index in [1.165, 1.54) is 32.5 Å². The Labute approximate surface area is 88.2 Å². The quantitative estimate of drug-likeness (QED) is 0.685. The Hall–Kier alpha value is -0.120. The summed E-state index contributed by atoms with van der Waals surface area (Å²) in [6.07, 6.45) is 2.63. The van der Waals surface area contributed by atoms with Gasteiger partial charge in [0.2, 0.25) is 0 Å². The Morgan fingerprint density at radius 2 is 2.07 bits per heavy atom. The van der Waals surface area contributed by atoms with E-state index in [2.05, 4.69) is 23.6 Å². The number of likely N-dealkylation sites (N-methyl/N-ethyl adjacent to an activating group) is 1. The van der Waals surface area contributed by atoms with Crippen molar-refractivity contribution in [3.05, 3.63) is 0 Å². The molecule has 3 heteroatoms. The maximum Gasteiger partial charge on any atom is 0.0219 e. The molecular formula is C11H25N3. The predicted octanol–water partition coefficient (Wildman–Crippen LogP) is 0.751. The zero-order chi connectivity index (χ0) is 10.4. The van der Waals surface area contributed by atoms with Gasteiger partial charge in [0.1, 0.15) is 0 Å². The van der Waals surface area contributed by atoms with Crippen LogP contribution in [0, 0.1) is 0 Å². The molecule has 14 heavy (non-hydrogen) atoms. The summed E-state index contributed by atoms with van der Waals surface area (Å²) in [7, 11) is 0. The number of nitrogens with zero attached hydrogens (tertiary/aromatic N) is 2. The molecule has 1 fully saturated rings. The molecule has 0 aromatic heterocycles. The molecule has 1 unspecified atom stereocenters. The molecule has 0 aliphatic carbocycles. The van der Waals surface area contributed by atoms with Gasteiger partial charge in [-0.05, 0) is 32.5 Å². The van der Waals surface area contributed by atoms with E-state index in [0.717, 1.165) is 19.6 Å². The highest BCUT2D eigenvalue weighted by Gasteiger charge is 2.22. The molecule has 1 saturated heterocycles. The molecule has 1 aliphatic heterocycles. The molecule has 2 N–H and O–H groups in total. The summed E-state index contributed by atoms with van der Waals surface area (Å²) in [5, 5.41) is 0. The zero-order valence-electron chi connectivity index (χ0n) is 9.71. The smallest absolute Gasteiger partial charge is 0.0219 e. The topological polar surface area (TPSA) is 32.5 Å². The summed E-state index contributed by atoms with van der Waals surface area (Å²) in [5.74, 6) is 0. The molecular weight excluding hydrogens is 174 g/mol. The van der Waals surface area contributed by atoms with Crippen LogP contribution >= 0.6 is 0 Å². The van der Waals surface area contributed by atoms with Gasteiger partial charge in [-0.15, -0.1) is 0 Å². The highest BCUT2D eigenvalue weighted by Crippen LogP contribution is 2.15. The first kappa shape index (κ1) is 12.0. The molecule has 1 heterocycles. The normalized spacial score (nSPS) is 23.6. The second-order valence-electron chi connectivity index (χ2n) is 4.09. The van der Waals surface area contributed by atoms with Crippen LogP contribution in [0.3, 0.4) is 0 Å². The van der Waals surface area contributed by atoms with Crippen LogP contribution in [-0.4, -0.2) is 55.1 Å². The average Bonchev–Trinajstić information content (AvgIpc) is 2.67. The van der Waals surface area contributed by atoms with Crippen LogP contribution in [0.25, 0.3) is 0 Å². The number of nitrogens with two attached hydrogens (primary N) is 1. The summed E-state index contributed by atoms with van der Waals surface area (Å²) in [6, 6.07) is 0.658. The van der Waals surface area contributed by atoms with Gasteiger partial charge in [0.15, 0.2) is 0 Å². The lowest BCUT2D eigenvalue weighted by Crippen LogP contribution is -2.40. The van der Waals surface area contributed by atoms with Gasteiger partial charge in [-0.2, -0.15) is 0 Å². The van der Waals surface area contributed by atoms with Crippen molar-refractivity contribution in [2.75, 3.05) is 39.3 Å². The predicted molar refractivity (Wildman–Crippen MR) is 61.4 cm³/mol. The molecule has 0 amide bonds. The van der Waals surface area contributed by atoms with Gasteiger partial charge in [0.25, 0.3) is 0 Å². The van der Waals surface area contributed by atoms with E-state index in [1.54, 1.807) is 0 Å². The number of hydrogen-bond acceptors (Lipinski definition) is 3. The highest BCUT2D eigenvalue weighted by molar-refractivity contribution is 4.80. The molecule has 1 atom stereocenters. The summed E-state index contributed by atoms with van der Waals surface area (Å²) in [4.78, 5) is 5.03. The van der Waals surface area contributed by atoms with Gasteiger partial charge >= 0.3 is 0 Å². The molecule has 1 aliphatic rings. The van der Waals surface area contributed by atoms with E-state index in [1.807, 2.05) is 0 Å². The van der Waals surface area contributed by atoms with E-state index >= 15 is 0 Å². The third-order valence-electron chi connectivity index (χ3n) is 3.37. The molecule has 3 nitrogen and oxygen atoms in total. The van der Waals surface area contributed by atoms with E-state index < -0.39 is 0 Å². The van der Waals surface area contributed by atoms with Gasteiger partial charge in [0.05, 0.1) is 0 Å². The fourth-order valence-electron chi connectivity index (χ4n) is 2.27. The number of likely N-dealkylation sites (tertiary alicyclic amines) is 1. The van der Waals surface area contributed by atoms with Crippen LogP contribution < -0.4 is 5.73 Å². The van der Waals surface area contributed by atoms with E-state index in [4.69, 9.17) is 5.73 Å². The molecule has 1 rings (SSSR count). The first-order valence-electron chi connectivity index (χ1n) is 5.98. The maximum absolute atomic E-state index is 5.74. The summed E-state index contributed by atoms with van der Waals surface area (Å²) < 4.78 is 0. The fraction of sp³-hybridized carbons (Fsp3) is 1.00. The van der Waals surface area contributed by atoms with Crippen molar-refractivity contribution in [2.45, 2.75) is 32.7 Å². The molecule has 0 aromatic carbocycles. The summed E-state index contributed by atoms with van der Waals surface area (Å²) in [6.45, 7) is 11.3. The minimum absolute atomic E-state index is 0.658. The highest BCUT2D eigenvalue weighted by atomic mass is 15.2. The van der Waals surface area contributed by atoms with Gasteiger partial charge in [-0.25, -0.2) is 0 Å². The third-order valence-corrected chi connectivity index (χ3v) is 3.37. The lowest BCUT2D eigenvalue weighted by molar-refractivity contribution is 0.205. The fourth-order valence-corrected chi connectivity index (χ4v) is 2.27. The van der Waals surface area contributed by atoms with Gasteiger partial charge in [0, 0.05) is 25.7 Å². The van der Waals surface area contributed by atoms with E-state index in [0.29, 0.717) is 6.04 Å². The van der Waals surface area contributed by atoms with Gasteiger partial charge < -0.3 is 10.6 Å². The van der Waals surface area contributed by atoms with Crippen molar-refractivity contribution < 1.29 is 0 Å². The Bertz CT molecular complexity index is 145. The first-order valence-corrected chi connectivity index (χ1v) is 5.98. The van der Waals surface area contributed by atoms with Crippen LogP contribution in [-0.2, 0) is 0 Å². The van der Waals surface area contributed by atoms with E-state index in [9.17, 15) is 0 Å². The minimum Gasteiger partial charge on any atom is -0.329 e. The van der Waals surface area contributed by atoms with E-state index in [-0.39, 0.29) is 0 Å². The van der Waals surface area contributed by atoms with Crippen molar-refractivity contribution in [1.29, 1.82) is 0 Å². The Kier molecular flexibility index (Phi) is 5.45. The lowest BCUT2D eigenvalue weighted by atomic mass is 10.2. The summed E-state index contributed by atoms with van der Waals surface area (Å²) in [5.41, 5.74) is 5.74. The first-order chi connectivity index (χ1) is 6.81. The Morgan fingerprint density at radius 3 is 2.64 bits per heavy atom. The van der Waals surface area contributed by atoms with Crippen LogP contribution in [0.15, 0.2) is 0 Å². The van der Waals surface area contributed by atoms with Crippen LogP contribution in [0.1, 0.15) is 26.7 Å². The van der Waals surface area contributed by atoms with Crippen molar-refractivity contribution in [2.24, 2.45) is 5.73 Å². The lowest BCUT2D eigenvalue weighted by Gasteiger charge is -2.26. The SMILES string of the molecule is CCN(CC)CCN1CCCC1CN. The summed E-state index contributed by atoms with van der Waals surface area (Å²) >= 11 is 0. The van der Waals surface area contributed by atoms with Gasteiger partial charge in [-0.3, -0.25) is 4.90 Å². The second-order valence-corrected chi connectivity index (χ2v) is 4.09. The van der Waals surface area contributed by atoms with Crippen LogP contribution in [0.4, 0.5) is 0 Å². The van der Waals surface area contributed by atoms with Gasteiger partial charge in [-0.1, -0.05) is 13.8 Å². The van der Waals surface area contributed by atoms with Crippen molar-refractivity contribution >= 4 is 0 Å². The molecule has 0 aromatic rings. The molecule has 0 radical (unpaired) electrons. The van der Waals surface area contributed by atoms with Crippen molar-refractivity contribution in [1.82, 2.24) is 9.80 Å². The molecule has 0 bridgehead atoms. The van der Waals surface area contributed by atoms with Crippen LogP contribution in [0.2, 0.25) is 0 Å². The molecule has 84 valence electrons. The average molecular weight is 199 g/mol. The molecule has 0 spiro atoms. The Balaban J connectivity index is 2.22. The maximum atomic E-state index is 5.74. The van der Waals surface area contributed by atoms with Crippen LogP contribution in [0.5, 0.6) is 0 Å². The number of rotatable bonds is 6. The van der Waals surface area contributed by atoms with Crippen molar-refractivity contribution in [3.8, 4) is 0 Å². The Morgan fingerprint density at radius 1 is 1.36 bits per heavy atom. The largest absolute Gasteiger partial charge is 0.329 e. The standard InChI is InChI=1S/C11H25N3/c1-3-13(4-2)8-9-14-7-5-6-11(14)10-12/h11H,3-10,12H2,1-2H3. The molecule has 0 saturated carbocycles. The monoisotopic (exact) mass is 199 g/mol. The minimum atomic E-state index is 0.658. The number of hydrogen-bond donors (Lipinski definition) is 1.